The molecule has 0 rings (SSSR count). The second-order valence-electron chi connectivity index (χ2n) is 4.96. The Kier molecular flexibility index (Phi) is 8.27. The van der Waals surface area contributed by atoms with Crippen molar-refractivity contribution >= 4 is 17.8 Å². The summed E-state index contributed by atoms with van der Waals surface area (Å²) >= 11 is 0. The summed E-state index contributed by atoms with van der Waals surface area (Å²) in [7, 11) is 0. The van der Waals surface area contributed by atoms with Crippen molar-refractivity contribution in [3.63, 3.8) is 0 Å². The molecule has 0 heterocycles. The van der Waals surface area contributed by atoms with Crippen LogP contribution in [0.3, 0.4) is 0 Å². The van der Waals surface area contributed by atoms with Gasteiger partial charge in [-0.3, -0.25) is 14.4 Å². The molecule has 0 aromatic heterocycles. The molecule has 0 spiro atoms. The molecule has 0 fully saturated rings. The molecule has 0 aliphatic heterocycles. The first kappa shape index (κ1) is 18.1. The van der Waals surface area contributed by atoms with Crippen LogP contribution in [0, 0.1) is 5.92 Å². The Labute approximate surface area is 119 Å². The molecule has 0 saturated carbocycles. The smallest absolute Gasteiger partial charge is 0.325 e. The van der Waals surface area contributed by atoms with Crippen LogP contribution < -0.4 is 10.6 Å². The second kappa shape index (κ2) is 9.12. The van der Waals surface area contributed by atoms with Gasteiger partial charge in [0, 0.05) is 5.57 Å². The highest BCUT2D eigenvalue weighted by Gasteiger charge is 2.22. The first-order chi connectivity index (χ1) is 9.27. The van der Waals surface area contributed by atoms with Crippen molar-refractivity contribution in [2.75, 3.05) is 13.2 Å². The molecule has 6 nitrogen and oxygen atoms in total. The number of esters is 1. The average Bonchev–Trinajstić information content (AvgIpc) is 2.34. The third kappa shape index (κ3) is 7.56. The lowest BCUT2D eigenvalue weighted by Crippen LogP contribution is -2.48. The van der Waals surface area contributed by atoms with Crippen molar-refractivity contribution in [1.29, 1.82) is 0 Å². The Bertz CT molecular complexity index is 377. The Morgan fingerprint density at radius 2 is 1.85 bits per heavy atom. The van der Waals surface area contributed by atoms with Gasteiger partial charge in [-0.25, -0.2) is 0 Å². The van der Waals surface area contributed by atoms with Crippen molar-refractivity contribution in [3.8, 4) is 0 Å². The predicted molar refractivity (Wildman–Crippen MR) is 75.8 cm³/mol. The Balaban J connectivity index is 4.52. The molecule has 0 aromatic carbocycles. The first-order valence-electron chi connectivity index (χ1n) is 6.67. The number of carbonyl (C=O) groups excluding carboxylic acids is 3. The minimum atomic E-state index is -0.686. The maximum absolute atomic E-state index is 12.0. The van der Waals surface area contributed by atoms with Crippen LogP contribution in [0.5, 0.6) is 0 Å². The van der Waals surface area contributed by atoms with Crippen LogP contribution in [-0.2, 0) is 19.1 Å². The van der Waals surface area contributed by atoms with E-state index < -0.39 is 17.9 Å². The number of nitrogens with one attached hydrogen (secondary N) is 2. The van der Waals surface area contributed by atoms with Gasteiger partial charge in [-0.1, -0.05) is 20.4 Å². The number of carbonyl (C=O) groups is 3. The van der Waals surface area contributed by atoms with Gasteiger partial charge in [-0.05, 0) is 26.2 Å². The topological polar surface area (TPSA) is 84.5 Å². The lowest BCUT2D eigenvalue weighted by molar-refractivity contribution is -0.143. The monoisotopic (exact) mass is 284 g/mol. The Morgan fingerprint density at radius 1 is 1.25 bits per heavy atom. The van der Waals surface area contributed by atoms with E-state index in [0.29, 0.717) is 12.0 Å². The van der Waals surface area contributed by atoms with E-state index in [2.05, 4.69) is 17.2 Å². The third-order valence-electron chi connectivity index (χ3n) is 2.43. The van der Waals surface area contributed by atoms with Gasteiger partial charge in [0.1, 0.15) is 12.6 Å². The standard InChI is InChI=1S/C14H24N2O4/c1-6-20-12(17)8-15-14(19)11(7-9(2)3)16-13(18)10(4)5/h9,11H,4,6-8H2,1-3,5H3,(H,15,19)(H,16,18)/t11-/m0/s1. The zero-order valence-electron chi connectivity index (χ0n) is 12.6. The third-order valence-corrected chi connectivity index (χ3v) is 2.43. The lowest BCUT2D eigenvalue weighted by atomic mass is 10.0. The Hall–Kier alpha value is -1.85. The maximum atomic E-state index is 12.0. The van der Waals surface area contributed by atoms with Crippen LogP contribution in [0.4, 0.5) is 0 Å². The minimum absolute atomic E-state index is 0.204. The normalized spacial score (nSPS) is 11.7. The van der Waals surface area contributed by atoms with Crippen molar-refractivity contribution < 1.29 is 19.1 Å². The molecule has 0 aromatic rings. The van der Waals surface area contributed by atoms with Gasteiger partial charge >= 0.3 is 5.97 Å². The Morgan fingerprint density at radius 3 is 2.30 bits per heavy atom. The molecule has 0 radical (unpaired) electrons. The summed E-state index contributed by atoms with van der Waals surface area (Å²) < 4.78 is 4.72. The fraction of sp³-hybridized carbons (Fsp3) is 0.643. The molecule has 6 heteroatoms. The second-order valence-corrected chi connectivity index (χ2v) is 4.96. The highest BCUT2D eigenvalue weighted by molar-refractivity contribution is 5.96. The van der Waals surface area contributed by atoms with Crippen molar-refractivity contribution in [2.24, 2.45) is 5.92 Å². The zero-order valence-corrected chi connectivity index (χ0v) is 12.6. The fourth-order valence-electron chi connectivity index (χ4n) is 1.48. The van der Waals surface area contributed by atoms with Gasteiger partial charge in [0.15, 0.2) is 0 Å². The zero-order chi connectivity index (χ0) is 15.7. The van der Waals surface area contributed by atoms with E-state index in [-0.39, 0.29) is 25.0 Å². The summed E-state index contributed by atoms with van der Waals surface area (Å²) in [4.78, 5) is 34.8. The maximum Gasteiger partial charge on any atom is 0.325 e. The predicted octanol–water partition coefficient (Wildman–Crippen LogP) is 0.773. The molecular formula is C14H24N2O4. The number of ether oxygens (including phenoxy) is 1. The van der Waals surface area contributed by atoms with Crippen LogP contribution in [0.2, 0.25) is 0 Å². The molecule has 0 aliphatic carbocycles. The summed E-state index contributed by atoms with van der Waals surface area (Å²) in [5.74, 6) is -1.06. The minimum Gasteiger partial charge on any atom is -0.465 e. The van der Waals surface area contributed by atoms with E-state index in [4.69, 9.17) is 4.74 Å². The SMILES string of the molecule is C=C(C)C(=O)N[C@@H](CC(C)C)C(=O)NCC(=O)OCC. The van der Waals surface area contributed by atoms with Crippen molar-refractivity contribution in [1.82, 2.24) is 10.6 Å². The molecule has 0 aliphatic rings. The summed E-state index contributed by atoms with van der Waals surface area (Å²) in [5.41, 5.74) is 0.331. The molecule has 1 atom stereocenters. The highest BCUT2D eigenvalue weighted by Crippen LogP contribution is 2.06. The number of hydrogen-bond donors (Lipinski definition) is 2. The summed E-state index contributed by atoms with van der Waals surface area (Å²) in [5, 5.41) is 5.06. The summed E-state index contributed by atoms with van der Waals surface area (Å²) in [6.45, 7) is 10.7. The van der Waals surface area contributed by atoms with E-state index in [0.717, 1.165) is 0 Å². The largest absolute Gasteiger partial charge is 0.465 e. The van der Waals surface area contributed by atoms with Crippen LogP contribution in [0.15, 0.2) is 12.2 Å². The quantitative estimate of drug-likeness (QED) is 0.509. The number of rotatable bonds is 8. The number of amides is 2. The molecule has 0 unspecified atom stereocenters. The molecule has 0 bridgehead atoms. The molecule has 2 N–H and O–H groups in total. The van der Waals surface area contributed by atoms with Crippen LogP contribution in [0.1, 0.15) is 34.1 Å². The van der Waals surface area contributed by atoms with Gasteiger partial charge in [0.05, 0.1) is 6.61 Å². The van der Waals surface area contributed by atoms with Crippen molar-refractivity contribution in [2.45, 2.75) is 40.2 Å². The van der Waals surface area contributed by atoms with Gasteiger partial charge < -0.3 is 15.4 Å². The molecular weight excluding hydrogens is 260 g/mol. The van der Waals surface area contributed by atoms with Gasteiger partial charge in [-0.15, -0.1) is 0 Å². The molecule has 114 valence electrons. The van der Waals surface area contributed by atoms with Crippen LogP contribution >= 0.6 is 0 Å². The average molecular weight is 284 g/mol. The molecule has 0 saturated heterocycles. The van der Waals surface area contributed by atoms with Gasteiger partial charge in [0.2, 0.25) is 11.8 Å². The van der Waals surface area contributed by atoms with Crippen molar-refractivity contribution in [3.05, 3.63) is 12.2 Å². The van der Waals surface area contributed by atoms with E-state index in [1.807, 2.05) is 13.8 Å². The van der Waals surface area contributed by atoms with Gasteiger partial charge in [0.25, 0.3) is 0 Å². The molecule has 20 heavy (non-hydrogen) atoms. The van der Waals surface area contributed by atoms with Gasteiger partial charge in [-0.2, -0.15) is 0 Å². The summed E-state index contributed by atoms with van der Waals surface area (Å²) in [6, 6.07) is -0.686. The number of hydrogen-bond acceptors (Lipinski definition) is 4. The van der Waals surface area contributed by atoms with Crippen LogP contribution in [0.25, 0.3) is 0 Å². The fourth-order valence-corrected chi connectivity index (χ4v) is 1.48. The lowest BCUT2D eigenvalue weighted by Gasteiger charge is -2.20. The van der Waals surface area contributed by atoms with E-state index in [1.54, 1.807) is 13.8 Å². The highest BCUT2D eigenvalue weighted by atomic mass is 16.5. The van der Waals surface area contributed by atoms with E-state index >= 15 is 0 Å². The first-order valence-corrected chi connectivity index (χ1v) is 6.67. The van der Waals surface area contributed by atoms with E-state index in [9.17, 15) is 14.4 Å². The van der Waals surface area contributed by atoms with E-state index in [1.165, 1.54) is 0 Å². The summed E-state index contributed by atoms with van der Waals surface area (Å²) in [6.07, 6.45) is 0.480. The molecule has 2 amide bonds. The van der Waals surface area contributed by atoms with Crippen LogP contribution in [-0.4, -0.2) is 37.0 Å².